The van der Waals surface area contributed by atoms with Crippen molar-refractivity contribution >= 4 is 5.78 Å². The van der Waals surface area contributed by atoms with Gasteiger partial charge < -0.3 is 5.73 Å². The topological polar surface area (TPSA) is 60.9 Å². The number of rotatable bonds is 7. The van der Waals surface area contributed by atoms with Crippen LogP contribution in [0.3, 0.4) is 0 Å². The van der Waals surface area contributed by atoms with Crippen LogP contribution < -0.4 is 5.73 Å². The van der Waals surface area contributed by atoms with Gasteiger partial charge in [-0.25, -0.2) is 0 Å². The Morgan fingerprint density at radius 3 is 2.94 bits per heavy atom. The van der Waals surface area contributed by atoms with E-state index in [1.54, 1.807) is 6.20 Å². The fraction of sp³-hybridized carbons (Fsp3) is 0.667. The molecule has 0 amide bonds. The largest absolute Gasteiger partial charge is 0.330 e. The van der Waals surface area contributed by atoms with Gasteiger partial charge in [0.05, 0.1) is 6.20 Å². The van der Waals surface area contributed by atoms with Crippen LogP contribution in [0.25, 0.3) is 0 Å². The Morgan fingerprint density at radius 2 is 2.38 bits per heavy atom. The number of carbonyl (C=O) groups is 1. The van der Waals surface area contributed by atoms with E-state index < -0.39 is 0 Å². The van der Waals surface area contributed by atoms with E-state index in [2.05, 4.69) is 12.0 Å². The molecule has 4 nitrogen and oxygen atoms in total. The second-order valence-electron chi connectivity index (χ2n) is 4.30. The number of nitrogens with zero attached hydrogens (tertiary/aromatic N) is 2. The van der Waals surface area contributed by atoms with Gasteiger partial charge in [-0.15, -0.1) is 0 Å². The molecule has 0 aliphatic heterocycles. The number of ketones is 1. The number of aryl methyl sites for hydroxylation is 1. The Balaban J connectivity index is 2.33. The van der Waals surface area contributed by atoms with Gasteiger partial charge in [-0.2, -0.15) is 5.10 Å². The van der Waals surface area contributed by atoms with E-state index in [9.17, 15) is 4.79 Å². The zero-order chi connectivity index (χ0) is 12.0. The highest BCUT2D eigenvalue weighted by atomic mass is 16.1. The molecule has 4 heteroatoms. The Labute approximate surface area is 96.8 Å². The molecule has 1 aromatic heterocycles. The molecule has 0 fully saturated rings. The third-order valence-electron chi connectivity index (χ3n) is 2.73. The highest BCUT2D eigenvalue weighted by Crippen LogP contribution is 2.07. The Morgan fingerprint density at radius 1 is 1.62 bits per heavy atom. The van der Waals surface area contributed by atoms with Gasteiger partial charge >= 0.3 is 0 Å². The monoisotopic (exact) mass is 223 g/mol. The van der Waals surface area contributed by atoms with E-state index in [4.69, 9.17) is 5.73 Å². The minimum absolute atomic E-state index is 0.274. The standard InChI is InChI=1S/C12H21N3O/c1-3-15-9-11(8-14-15)6-12(16)5-4-10(2)7-13/h8-10H,3-7,13H2,1-2H3. The molecular weight excluding hydrogens is 202 g/mol. The number of carbonyl (C=O) groups excluding carboxylic acids is 1. The first-order chi connectivity index (χ1) is 7.65. The first-order valence-electron chi connectivity index (χ1n) is 5.88. The molecule has 0 radical (unpaired) electrons. The van der Waals surface area contributed by atoms with E-state index in [1.165, 1.54) is 0 Å². The summed E-state index contributed by atoms with van der Waals surface area (Å²) in [5, 5.41) is 4.14. The van der Waals surface area contributed by atoms with Gasteiger partial charge in [-0.1, -0.05) is 6.92 Å². The lowest BCUT2D eigenvalue weighted by Gasteiger charge is -2.06. The number of Topliss-reactive ketones (excluding diaryl/α,β-unsaturated/α-hetero) is 1. The van der Waals surface area contributed by atoms with Gasteiger partial charge in [0.2, 0.25) is 0 Å². The minimum atomic E-state index is 0.274. The zero-order valence-corrected chi connectivity index (χ0v) is 10.1. The summed E-state index contributed by atoms with van der Waals surface area (Å²) in [6.45, 7) is 5.60. The molecule has 1 aromatic rings. The van der Waals surface area contributed by atoms with E-state index in [0.29, 0.717) is 25.3 Å². The zero-order valence-electron chi connectivity index (χ0n) is 10.1. The van der Waals surface area contributed by atoms with Crippen LogP contribution in [0.2, 0.25) is 0 Å². The van der Waals surface area contributed by atoms with Crippen molar-refractivity contribution in [3.05, 3.63) is 18.0 Å². The highest BCUT2D eigenvalue weighted by Gasteiger charge is 2.08. The predicted octanol–water partition coefficient (Wildman–Crippen LogP) is 1.39. The Bertz CT molecular complexity index is 333. The fourth-order valence-electron chi connectivity index (χ4n) is 1.51. The van der Waals surface area contributed by atoms with Crippen molar-refractivity contribution in [1.82, 2.24) is 9.78 Å². The van der Waals surface area contributed by atoms with Crippen molar-refractivity contribution in [3.63, 3.8) is 0 Å². The maximum absolute atomic E-state index is 11.7. The summed E-state index contributed by atoms with van der Waals surface area (Å²) in [6.07, 6.45) is 5.71. The molecule has 0 saturated heterocycles. The molecule has 0 saturated carbocycles. The number of hydrogen-bond acceptors (Lipinski definition) is 3. The summed E-state index contributed by atoms with van der Waals surface area (Å²) in [5.74, 6) is 0.707. The number of nitrogens with two attached hydrogens (primary N) is 1. The predicted molar refractivity (Wildman–Crippen MR) is 64.1 cm³/mol. The molecule has 0 aliphatic carbocycles. The first-order valence-corrected chi connectivity index (χ1v) is 5.88. The third kappa shape index (κ3) is 4.14. The smallest absolute Gasteiger partial charge is 0.137 e. The molecule has 1 unspecified atom stereocenters. The normalized spacial score (nSPS) is 12.7. The van der Waals surface area contributed by atoms with Gasteiger partial charge in [0.25, 0.3) is 0 Å². The lowest BCUT2D eigenvalue weighted by molar-refractivity contribution is -0.118. The molecule has 1 atom stereocenters. The van der Waals surface area contributed by atoms with Crippen LogP contribution in [0, 0.1) is 5.92 Å². The van der Waals surface area contributed by atoms with Gasteiger partial charge in [0.1, 0.15) is 5.78 Å². The molecule has 1 heterocycles. The quantitative estimate of drug-likeness (QED) is 0.760. The molecule has 0 aromatic carbocycles. The summed E-state index contributed by atoms with van der Waals surface area (Å²) in [7, 11) is 0. The molecule has 90 valence electrons. The van der Waals surface area contributed by atoms with Gasteiger partial charge in [0.15, 0.2) is 0 Å². The van der Waals surface area contributed by atoms with Gasteiger partial charge in [-0.05, 0) is 31.4 Å². The first kappa shape index (κ1) is 12.9. The van der Waals surface area contributed by atoms with Crippen molar-refractivity contribution in [2.24, 2.45) is 11.7 Å². The van der Waals surface area contributed by atoms with Crippen molar-refractivity contribution in [3.8, 4) is 0 Å². The van der Waals surface area contributed by atoms with E-state index in [-0.39, 0.29) is 5.78 Å². The molecule has 16 heavy (non-hydrogen) atoms. The SMILES string of the molecule is CCn1cc(CC(=O)CCC(C)CN)cn1. The summed E-state index contributed by atoms with van der Waals surface area (Å²) in [4.78, 5) is 11.7. The van der Waals surface area contributed by atoms with Crippen molar-refractivity contribution < 1.29 is 4.79 Å². The van der Waals surface area contributed by atoms with E-state index >= 15 is 0 Å². The van der Waals surface area contributed by atoms with Gasteiger partial charge in [0, 0.05) is 25.6 Å². The lowest BCUT2D eigenvalue weighted by Crippen LogP contribution is -2.13. The molecule has 0 bridgehead atoms. The van der Waals surface area contributed by atoms with Crippen molar-refractivity contribution in [2.75, 3.05) is 6.54 Å². The average molecular weight is 223 g/mol. The average Bonchev–Trinajstić information content (AvgIpc) is 2.73. The van der Waals surface area contributed by atoms with Crippen molar-refractivity contribution in [1.29, 1.82) is 0 Å². The Hall–Kier alpha value is -1.16. The molecular formula is C12H21N3O. The van der Waals surface area contributed by atoms with Crippen LogP contribution in [0.1, 0.15) is 32.3 Å². The minimum Gasteiger partial charge on any atom is -0.330 e. The molecule has 0 aliphatic rings. The maximum Gasteiger partial charge on any atom is 0.137 e. The lowest BCUT2D eigenvalue weighted by atomic mass is 10.0. The van der Waals surface area contributed by atoms with Crippen LogP contribution in [0.4, 0.5) is 0 Å². The summed E-state index contributed by atoms with van der Waals surface area (Å²) >= 11 is 0. The second kappa shape index (κ2) is 6.43. The van der Waals surface area contributed by atoms with Crippen molar-refractivity contribution in [2.45, 2.75) is 39.7 Å². The molecule has 1 rings (SSSR count). The maximum atomic E-state index is 11.7. The fourth-order valence-corrected chi connectivity index (χ4v) is 1.51. The third-order valence-corrected chi connectivity index (χ3v) is 2.73. The molecule has 2 N–H and O–H groups in total. The highest BCUT2D eigenvalue weighted by molar-refractivity contribution is 5.80. The van der Waals surface area contributed by atoms with Crippen LogP contribution in [-0.4, -0.2) is 22.1 Å². The summed E-state index contributed by atoms with van der Waals surface area (Å²) < 4.78 is 1.84. The van der Waals surface area contributed by atoms with Crippen LogP contribution in [-0.2, 0) is 17.8 Å². The van der Waals surface area contributed by atoms with E-state index in [0.717, 1.165) is 18.5 Å². The summed E-state index contributed by atoms with van der Waals surface area (Å²) in [6, 6.07) is 0. The van der Waals surface area contributed by atoms with Crippen LogP contribution in [0.15, 0.2) is 12.4 Å². The summed E-state index contributed by atoms with van der Waals surface area (Å²) in [5.41, 5.74) is 6.51. The second-order valence-corrected chi connectivity index (χ2v) is 4.30. The number of hydrogen-bond donors (Lipinski definition) is 1. The van der Waals surface area contributed by atoms with E-state index in [1.807, 2.05) is 17.8 Å². The molecule has 0 spiro atoms. The number of aromatic nitrogens is 2. The van der Waals surface area contributed by atoms with Gasteiger partial charge in [-0.3, -0.25) is 9.48 Å². The van der Waals surface area contributed by atoms with Crippen LogP contribution >= 0.6 is 0 Å². The Kier molecular flexibility index (Phi) is 5.19. The van der Waals surface area contributed by atoms with Crippen LogP contribution in [0.5, 0.6) is 0 Å².